The lowest BCUT2D eigenvalue weighted by molar-refractivity contribution is 0.577. The van der Waals surface area contributed by atoms with Crippen LogP contribution in [-0.2, 0) is 0 Å². The highest BCUT2D eigenvalue weighted by Gasteiger charge is 2.11. The van der Waals surface area contributed by atoms with Crippen LogP contribution in [0.15, 0.2) is 16.6 Å². The zero-order valence-electron chi connectivity index (χ0n) is 12.6. The van der Waals surface area contributed by atoms with Crippen molar-refractivity contribution in [2.75, 3.05) is 6.54 Å². The summed E-state index contributed by atoms with van der Waals surface area (Å²) in [7, 11) is 0. The summed E-state index contributed by atoms with van der Waals surface area (Å²) in [5.41, 5.74) is 2.70. The van der Waals surface area contributed by atoms with Crippen molar-refractivity contribution in [3.63, 3.8) is 0 Å². The topological polar surface area (TPSA) is 12.4 Å². The Kier molecular flexibility index (Phi) is 10.2. The third-order valence-electron chi connectivity index (χ3n) is 3.30. The van der Waals surface area contributed by atoms with Gasteiger partial charge in [-0.15, -0.1) is 0 Å². The van der Waals surface area contributed by atoms with Gasteiger partial charge in [-0.25, -0.2) is 0 Å². The first-order valence-corrected chi connectivity index (χ1v) is 7.34. The van der Waals surface area contributed by atoms with Crippen LogP contribution in [0.25, 0.3) is 0 Å². The monoisotopic (exact) mass is 237 g/mol. The molecule has 0 bridgehead atoms. The molecule has 1 nitrogen and oxygen atoms in total. The Morgan fingerprint density at radius 2 is 1.82 bits per heavy atom. The summed E-state index contributed by atoms with van der Waals surface area (Å²) in [4.78, 5) is 4.76. The highest BCUT2D eigenvalue weighted by Crippen LogP contribution is 2.16. The van der Waals surface area contributed by atoms with Gasteiger partial charge in [-0.3, -0.25) is 4.99 Å². The highest BCUT2D eigenvalue weighted by molar-refractivity contribution is 6.01. The van der Waals surface area contributed by atoms with Crippen LogP contribution in [0.4, 0.5) is 0 Å². The standard InChI is InChI=1S/C16H31N/c1-6-9-10-11-12-15(5)16(14(4)8-3)17-13-7-2/h8,15H,6-7,9-13H2,1-5H3/b14-8+,17-16?. The van der Waals surface area contributed by atoms with E-state index >= 15 is 0 Å². The van der Waals surface area contributed by atoms with Gasteiger partial charge in [-0.2, -0.15) is 0 Å². The van der Waals surface area contributed by atoms with Gasteiger partial charge in [0.1, 0.15) is 0 Å². The average molecular weight is 237 g/mol. The number of allylic oxidation sites excluding steroid dienone is 2. The van der Waals surface area contributed by atoms with E-state index in [2.05, 4.69) is 40.7 Å². The van der Waals surface area contributed by atoms with Crippen molar-refractivity contribution in [1.29, 1.82) is 0 Å². The van der Waals surface area contributed by atoms with E-state index < -0.39 is 0 Å². The molecule has 0 aliphatic rings. The predicted octanol–water partition coefficient (Wildman–Crippen LogP) is 5.41. The molecule has 0 aromatic carbocycles. The number of rotatable bonds is 9. The maximum absolute atomic E-state index is 4.76. The van der Waals surface area contributed by atoms with E-state index in [0.717, 1.165) is 13.0 Å². The second-order valence-corrected chi connectivity index (χ2v) is 4.99. The van der Waals surface area contributed by atoms with E-state index in [4.69, 9.17) is 4.99 Å². The van der Waals surface area contributed by atoms with E-state index in [9.17, 15) is 0 Å². The van der Waals surface area contributed by atoms with Crippen LogP contribution >= 0.6 is 0 Å². The van der Waals surface area contributed by atoms with Crippen LogP contribution in [0, 0.1) is 5.92 Å². The molecule has 0 amide bonds. The van der Waals surface area contributed by atoms with E-state index in [1.807, 2.05) is 0 Å². The zero-order chi connectivity index (χ0) is 13.1. The Balaban J connectivity index is 4.28. The quantitative estimate of drug-likeness (QED) is 0.375. The van der Waals surface area contributed by atoms with Gasteiger partial charge in [0.25, 0.3) is 0 Å². The van der Waals surface area contributed by atoms with Gasteiger partial charge >= 0.3 is 0 Å². The van der Waals surface area contributed by atoms with Crippen molar-refractivity contribution < 1.29 is 0 Å². The highest BCUT2D eigenvalue weighted by atomic mass is 14.7. The maximum atomic E-state index is 4.76. The fourth-order valence-electron chi connectivity index (χ4n) is 2.06. The Morgan fingerprint density at radius 3 is 2.35 bits per heavy atom. The fraction of sp³-hybridized carbons (Fsp3) is 0.812. The summed E-state index contributed by atoms with van der Waals surface area (Å²) in [5.74, 6) is 0.620. The van der Waals surface area contributed by atoms with Gasteiger partial charge in [0.05, 0.1) is 0 Å². The Bertz CT molecular complexity index is 238. The molecule has 0 saturated carbocycles. The molecule has 0 aliphatic carbocycles. The second-order valence-electron chi connectivity index (χ2n) is 4.99. The number of aliphatic imine (C=N–C) groups is 1. The number of hydrogen-bond acceptors (Lipinski definition) is 1. The van der Waals surface area contributed by atoms with Gasteiger partial charge in [0, 0.05) is 12.3 Å². The summed E-state index contributed by atoms with van der Waals surface area (Å²) in [6.07, 6.45) is 10.0. The Morgan fingerprint density at radius 1 is 1.12 bits per heavy atom. The van der Waals surface area contributed by atoms with Gasteiger partial charge < -0.3 is 0 Å². The average Bonchev–Trinajstić information content (AvgIpc) is 2.34. The van der Waals surface area contributed by atoms with Crippen molar-refractivity contribution in [2.24, 2.45) is 10.9 Å². The van der Waals surface area contributed by atoms with Crippen LogP contribution in [0.5, 0.6) is 0 Å². The van der Waals surface area contributed by atoms with E-state index in [1.54, 1.807) is 0 Å². The van der Waals surface area contributed by atoms with Gasteiger partial charge in [0.2, 0.25) is 0 Å². The largest absolute Gasteiger partial charge is 0.289 e. The van der Waals surface area contributed by atoms with Gasteiger partial charge in [-0.1, -0.05) is 52.5 Å². The lowest BCUT2D eigenvalue weighted by Crippen LogP contribution is -2.13. The van der Waals surface area contributed by atoms with Gasteiger partial charge in [-0.05, 0) is 38.2 Å². The van der Waals surface area contributed by atoms with Crippen molar-refractivity contribution >= 4 is 5.71 Å². The molecule has 1 heteroatoms. The first-order chi connectivity index (χ1) is 8.17. The first-order valence-electron chi connectivity index (χ1n) is 7.34. The SMILES string of the molecule is C/C=C(\C)C(=NCCC)C(C)CCCCCC. The third kappa shape index (κ3) is 7.36. The van der Waals surface area contributed by atoms with Crippen molar-refractivity contribution in [3.8, 4) is 0 Å². The van der Waals surface area contributed by atoms with E-state index in [0.29, 0.717) is 5.92 Å². The summed E-state index contributed by atoms with van der Waals surface area (Å²) < 4.78 is 0. The number of hydrogen-bond donors (Lipinski definition) is 0. The smallest absolute Gasteiger partial charge is 0.0402 e. The molecular formula is C16H31N. The second kappa shape index (κ2) is 10.6. The molecule has 0 rings (SSSR count). The van der Waals surface area contributed by atoms with Crippen molar-refractivity contribution in [3.05, 3.63) is 11.6 Å². The number of unbranched alkanes of at least 4 members (excludes halogenated alkanes) is 3. The molecule has 17 heavy (non-hydrogen) atoms. The molecule has 0 fully saturated rings. The molecule has 1 unspecified atom stereocenters. The summed E-state index contributed by atoms with van der Waals surface area (Å²) in [6, 6.07) is 0. The summed E-state index contributed by atoms with van der Waals surface area (Å²) in [6.45, 7) is 12.1. The molecule has 0 aromatic heterocycles. The van der Waals surface area contributed by atoms with Crippen LogP contribution in [-0.4, -0.2) is 12.3 Å². The van der Waals surface area contributed by atoms with E-state index in [-0.39, 0.29) is 0 Å². The molecule has 0 heterocycles. The zero-order valence-corrected chi connectivity index (χ0v) is 12.6. The molecule has 1 atom stereocenters. The Labute approximate surface area is 108 Å². The minimum atomic E-state index is 0.620. The molecule has 0 aliphatic heterocycles. The number of nitrogens with zero attached hydrogens (tertiary/aromatic N) is 1. The van der Waals surface area contributed by atoms with E-state index in [1.165, 1.54) is 43.4 Å². The molecule has 0 radical (unpaired) electrons. The van der Waals surface area contributed by atoms with Crippen LogP contribution < -0.4 is 0 Å². The maximum Gasteiger partial charge on any atom is 0.0402 e. The summed E-state index contributed by atoms with van der Waals surface area (Å²) >= 11 is 0. The van der Waals surface area contributed by atoms with Gasteiger partial charge in [0.15, 0.2) is 0 Å². The molecule has 100 valence electrons. The van der Waals surface area contributed by atoms with Crippen LogP contribution in [0.3, 0.4) is 0 Å². The molecule has 0 N–H and O–H groups in total. The predicted molar refractivity (Wildman–Crippen MR) is 79.9 cm³/mol. The lowest BCUT2D eigenvalue weighted by Gasteiger charge is -2.15. The molecule has 0 aromatic rings. The lowest BCUT2D eigenvalue weighted by atomic mass is 9.93. The Hall–Kier alpha value is -0.590. The first kappa shape index (κ1) is 16.4. The van der Waals surface area contributed by atoms with Crippen LogP contribution in [0.1, 0.15) is 73.1 Å². The normalized spacial score (nSPS) is 15.1. The third-order valence-corrected chi connectivity index (χ3v) is 3.30. The molecular weight excluding hydrogens is 206 g/mol. The van der Waals surface area contributed by atoms with Crippen molar-refractivity contribution in [2.45, 2.75) is 73.1 Å². The summed E-state index contributed by atoms with van der Waals surface area (Å²) in [5, 5.41) is 0. The molecule has 0 spiro atoms. The minimum absolute atomic E-state index is 0.620. The fourth-order valence-corrected chi connectivity index (χ4v) is 2.06. The molecule has 0 saturated heterocycles. The van der Waals surface area contributed by atoms with Crippen molar-refractivity contribution in [1.82, 2.24) is 0 Å². The minimum Gasteiger partial charge on any atom is -0.289 e. The van der Waals surface area contributed by atoms with Crippen LogP contribution in [0.2, 0.25) is 0 Å².